The summed E-state index contributed by atoms with van der Waals surface area (Å²) >= 11 is 3.51. The molecule has 0 N–H and O–H groups in total. The lowest BCUT2D eigenvalue weighted by Gasteiger charge is -1.96. The molecule has 0 aliphatic rings. The van der Waals surface area contributed by atoms with Crippen molar-refractivity contribution >= 4 is 59.4 Å². The summed E-state index contributed by atoms with van der Waals surface area (Å²) in [6, 6.07) is 17.5. The van der Waals surface area contributed by atoms with Crippen LogP contribution < -0.4 is 5.43 Å². The summed E-state index contributed by atoms with van der Waals surface area (Å²) in [4.78, 5) is 13.0. The first kappa shape index (κ1) is 12.2. The minimum absolute atomic E-state index is 0.0631. The van der Waals surface area contributed by atoms with Crippen molar-refractivity contribution in [1.29, 1.82) is 0 Å². The van der Waals surface area contributed by atoms with Crippen molar-refractivity contribution in [2.75, 3.05) is 0 Å². The summed E-state index contributed by atoms with van der Waals surface area (Å²) < 4.78 is 6.84. The van der Waals surface area contributed by atoms with Gasteiger partial charge < -0.3 is 4.42 Å². The Morgan fingerprint density at radius 3 is 2.14 bits per heavy atom. The van der Waals surface area contributed by atoms with Crippen LogP contribution in [0.3, 0.4) is 0 Å². The Balaban J connectivity index is 2.33. The summed E-state index contributed by atoms with van der Waals surface area (Å²) in [5.74, 6) is 0. The molecular weight excluding hydrogens is 340 g/mol. The molecule has 0 aliphatic carbocycles. The Bertz CT molecular complexity index is 1250. The van der Waals surface area contributed by atoms with Crippen LogP contribution in [-0.4, -0.2) is 0 Å². The third kappa shape index (κ3) is 1.41. The number of rotatable bonds is 0. The molecule has 2 bridgehead atoms. The molecule has 104 valence electrons. The number of fused-ring (bicyclic) bond motifs is 9. The van der Waals surface area contributed by atoms with Gasteiger partial charge >= 0.3 is 0 Å². The molecule has 3 aromatic carbocycles. The lowest BCUT2D eigenvalue weighted by Crippen LogP contribution is -1.97. The summed E-state index contributed by atoms with van der Waals surface area (Å²) in [6.45, 7) is 0. The van der Waals surface area contributed by atoms with Crippen LogP contribution in [0.1, 0.15) is 0 Å². The maximum atomic E-state index is 13.0. The second-order valence-corrected chi connectivity index (χ2v) is 6.39. The van der Waals surface area contributed by atoms with Gasteiger partial charge in [0.25, 0.3) is 0 Å². The highest BCUT2D eigenvalue weighted by Gasteiger charge is 2.16. The molecule has 0 spiro atoms. The van der Waals surface area contributed by atoms with Crippen molar-refractivity contribution in [2.24, 2.45) is 0 Å². The molecule has 22 heavy (non-hydrogen) atoms. The van der Waals surface area contributed by atoms with E-state index in [2.05, 4.69) is 15.9 Å². The van der Waals surface area contributed by atoms with Gasteiger partial charge in [-0.25, -0.2) is 0 Å². The van der Waals surface area contributed by atoms with Crippen molar-refractivity contribution < 1.29 is 4.42 Å². The molecule has 0 unspecified atom stereocenters. The molecule has 3 heteroatoms. The Hall–Kier alpha value is -2.39. The van der Waals surface area contributed by atoms with E-state index in [1.54, 1.807) is 0 Å². The van der Waals surface area contributed by atoms with Crippen LogP contribution >= 0.6 is 15.9 Å². The van der Waals surface area contributed by atoms with Gasteiger partial charge in [-0.15, -0.1) is 0 Å². The average molecular weight is 349 g/mol. The zero-order valence-corrected chi connectivity index (χ0v) is 13.0. The lowest BCUT2D eigenvalue weighted by molar-refractivity contribution is 0.679. The number of benzene rings is 3. The third-order valence-electron chi connectivity index (χ3n) is 4.29. The number of hydrogen-bond acceptors (Lipinski definition) is 2. The van der Waals surface area contributed by atoms with Crippen LogP contribution in [0.15, 0.2) is 68.3 Å². The zero-order chi connectivity index (χ0) is 14.8. The summed E-state index contributed by atoms with van der Waals surface area (Å²) in [7, 11) is 0. The summed E-state index contributed by atoms with van der Waals surface area (Å²) in [5, 5.41) is 5.38. The zero-order valence-electron chi connectivity index (χ0n) is 11.4. The highest BCUT2D eigenvalue weighted by atomic mass is 79.9. The quantitative estimate of drug-likeness (QED) is 0.372. The number of halogens is 1. The van der Waals surface area contributed by atoms with Gasteiger partial charge in [-0.05, 0) is 41.1 Å². The first-order chi connectivity index (χ1) is 10.7. The molecule has 2 heterocycles. The van der Waals surface area contributed by atoms with Gasteiger partial charge in [0.1, 0.15) is 11.2 Å². The monoisotopic (exact) mass is 348 g/mol. The molecule has 2 nitrogen and oxygen atoms in total. The van der Waals surface area contributed by atoms with Gasteiger partial charge in [-0.3, -0.25) is 4.79 Å². The normalized spacial score (nSPS) is 12.0. The van der Waals surface area contributed by atoms with Crippen molar-refractivity contribution in [2.45, 2.75) is 0 Å². The van der Waals surface area contributed by atoms with Crippen LogP contribution in [0.2, 0.25) is 0 Å². The van der Waals surface area contributed by atoms with Crippen LogP contribution in [0.25, 0.3) is 43.5 Å². The average Bonchev–Trinajstić information content (AvgIpc) is 3.12. The largest absolute Gasteiger partial charge is 0.456 e. The van der Waals surface area contributed by atoms with E-state index in [0.29, 0.717) is 0 Å². The molecule has 0 amide bonds. The van der Waals surface area contributed by atoms with E-state index in [1.165, 1.54) is 0 Å². The Kier molecular flexibility index (Phi) is 2.26. The maximum absolute atomic E-state index is 13.0. The SMILES string of the molecule is O=c1c2ccccc2c2c3ccc(o3)c2c2cc(Br)ccc12. The topological polar surface area (TPSA) is 30.2 Å². The Morgan fingerprint density at radius 2 is 1.36 bits per heavy atom. The summed E-state index contributed by atoms with van der Waals surface area (Å²) in [5.41, 5.74) is 1.72. The van der Waals surface area contributed by atoms with E-state index in [1.807, 2.05) is 54.6 Å². The minimum Gasteiger partial charge on any atom is -0.456 e. The Morgan fingerprint density at radius 1 is 0.727 bits per heavy atom. The fraction of sp³-hybridized carbons (Fsp3) is 0. The van der Waals surface area contributed by atoms with Crippen molar-refractivity contribution in [1.82, 2.24) is 0 Å². The predicted molar refractivity (Wildman–Crippen MR) is 93.9 cm³/mol. The smallest absolute Gasteiger partial charge is 0.194 e. The van der Waals surface area contributed by atoms with E-state index < -0.39 is 0 Å². The van der Waals surface area contributed by atoms with Gasteiger partial charge in [0.15, 0.2) is 5.43 Å². The molecular formula is C19H9BrO2. The number of hydrogen-bond donors (Lipinski definition) is 0. The molecule has 2 aromatic heterocycles. The second-order valence-electron chi connectivity index (χ2n) is 5.48. The molecule has 5 aromatic rings. The highest BCUT2D eigenvalue weighted by Crippen LogP contribution is 2.39. The van der Waals surface area contributed by atoms with Crippen LogP contribution in [0, 0.1) is 0 Å². The van der Waals surface area contributed by atoms with Gasteiger partial charge in [0, 0.05) is 26.0 Å². The second kappa shape index (κ2) is 4.08. The van der Waals surface area contributed by atoms with E-state index in [0.717, 1.165) is 48.0 Å². The molecule has 0 atom stereocenters. The van der Waals surface area contributed by atoms with Gasteiger partial charge in [0.2, 0.25) is 0 Å². The van der Waals surface area contributed by atoms with Gasteiger partial charge in [0.05, 0.1) is 0 Å². The lowest BCUT2D eigenvalue weighted by atomic mass is 10.1. The summed E-state index contributed by atoms with van der Waals surface area (Å²) in [6.07, 6.45) is 0. The van der Waals surface area contributed by atoms with Crippen molar-refractivity contribution in [3.8, 4) is 0 Å². The first-order valence-electron chi connectivity index (χ1n) is 7.03. The van der Waals surface area contributed by atoms with E-state index in [-0.39, 0.29) is 5.43 Å². The molecule has 0 radical (unpaired) electrons. The fourth-order valence-electron chi connectivity index (χ4n) is 3.35. The Labute approximate surface area is 133 Å². The van der Waals surface area contributed by atoms with Crippen molar-refractivity contribution in [3.05, 3.63) is 69.3 Å². The molecule has 0 saturated heterocycles. The van der Waals surface area contributed by atoms with Crippen molar-refractivity contribution in [3.63, 3.8) is 0 Å². The first-order valence-corrected chi connectivity index (χ1v) is 7.82. The number of furan rings is 2. The van der Waals surface area contributed by atoms with Gasteiger partial charge in [-0.2, -0.15) is 0 Å². The minimum atomic E-state index is 0.0631. The van der Waals surface area contributed by atoms with Crippen LogP contribution in [0.4, 0.5) is 0 Å². The van der Waals surface area contributed by atoms with E-state index in [9.17, 15) is 4.79 Å². The fourth-order valence-corrected chi connectivity index (χ4v) is 3.71. The molecule has 0 fully saturated rings. The molecule has 5 rings (SSSR count). The van der Waals surface area contributed by atoms with E-state index >= 15 is 0 Å². The van der Waals surface area contributed by atoms with Crippen LogP contribution in [0.5, 0.6) is 0 Å². The third-order valence-corrected chi connectivity index (χ3v) is 4.78. The standard InChI is InChI=1S/C19H9BrO2/c20-10-5-6-13-14(9-10)18-16-8-7-15(22-16)17(18)11-3-1-2-4-12(11)19(13)21/h1-9H. The maximum Gasteiger partial charge on any atom is 0.194 e. The van der Waals surface area contributed by atoms with Crippen LogP contribution in [-0.2, 0) is 0 Å². The van der Waals surface area contributed by atoms with E-state index in [4.69, 9.17) is 4.42 Å². The molecule has 0 aliphatic heterocycles. The van der Waals surface area contributed by atoms with Gasteiger partial charge in [-0.1, -0.05) is 40.2 Å². The highest BCUT2D eigenvalue weighted by molar-refractivity contribution is 9.10. The molecule has 0 saturated carbocycles. The predicted octanol–water partition coefficient (Wildman–Crippen LogP) is 5.45.